The molecule has 6 heteroatoms. The number of imidazole rings is 1. The van der Waals surface area contributed by atoms with Crippen molar-refractivity contribution >= 4 is 0 Å². The highest BCUT2D eigenvalue weighted by atomic mass is 16.5. The molecule has 142 valence electrons. The molecule has 1 unspecified atom stereocenters. The Bertz CT molecular complexity index is 810. The molecule has 0 radical (unpaired) electrons. The molecule has 1 N–H and O–H groups in total. The molecule has 2 aromatic heterocycles. The van der Waals surface area contributed by atoms with Crippen molar-refractivity contribution < 1.29 is 4.74 Å². The summed E-state index contributed by atoms with van der Waals surface area (Å²) in [6.07, 6.45) is 7.34. The third kappa shape index (κ3) is 4.23. The zero-order chi connectivity index (χ0) is 19.1. The molecule has 1 aliphatic heterocycles. The average Bonchev–Trinajstić information content (AvgIpc) is 3.11. The zero-order valence-corrected chi connectivity index (χ0v) is 16.6. The molecule has 3 atom stereocenters. The Hall–Kier alpha value is -1.95. The van der Waals surface area contributed by atoms with Gasteiger partial charge < -0.3 is 14.3 Å². The van der Waals surface area contributed by atoms with Gasteiger partial charge in [-0.15, -0.1) is 0 Å². The molecule has 2 aromatic rings. The van der Waals surface area contributed by atoms with Gasteiger partial charge >= 0.3 is 0 Å². The Morgan fingerprint density at radius 3 is 2.58 bits per heavy atom. The molecular formula is C20H30N4O2. The molecular weight excluding hydrogens is 328 g/mol. The number of nitrogens with one attached hydrogen (secondary N) is 1. The Labute approximate surface area is 155 Å². The minimum absolute atomic E-state index is 0.0386. The molecule has 0 amide bonds. The van der Waals surface area contributed by atoms with E-state index in [1.54, 1.807) is 6.33 Å². The molecule has 0 aliphatic carbocycles. The quantitative estimate of drug-likeness (QED) is 0.899. The number of hydrogen-bond donors (Lipinski definition) is 1. The van der Waals surface area contributed by atoms with Gasteiger partial charge in [-0.3, -0.25) is 4.79 Å². The van der Waals surface area contributed by atoms with Crippen molar-refractivity contribution in [1.29, 1.82) is 0 Å². The van der Waals surface area contributed by atoms with Crippen molar-refractivity contribution in [2.24, 2.45) is 16.7 Å². The van der Waals surface area contributed by atoms with Crippen molar-refractivity contribution in [3.8, 4) is 11.5 Å². The van der Waals surface area contributed by atoms with Gasteiger partial charge in [0.2, 0.25) is 0 Å². The minimum atomic E-state index is -0.181. The van der Waals surface area contributed by atoms with Crippen LogP contribution in [0.1, 0.15) is 60.6 Å². The van der Waals surface area contributed by atoms with Gasteiger partial charge in [0.1, 0.15) is 11.9 Å². The van der Waals surface area contributed by atoms with Crippen LogP contribution in [0.3, 0.4) is 0 Å². The van der Waals surface area contributed by atoms with Crippen molar-refractivity contribution in [3.63, 3.8) is 0 Å². The number of rotatable bonds is 3. The molecule has 0 spiro atoms. The van der Waals surface area contributed by atoms with Gasteiger partial charge in [-0.25, -0.2) is 9.97 Å². The molecule has 1 fully saturated rings. The monoisotopic (exact) mass is 358 g/mol. The van der Waals surface area contributed by atoms with Gasteiger partial charge in [0, 0.05) is 18.5 Å². The number of H-pyrrole nitrogens is 1. The minimum Gasteiger partial charge on any atom is -0.354 e. The van der Waals surface area contributed by atoms with Crippen LogP contribution in [0.25, 0.3) is 11.5 Å². The van der Waals surface area contributed by atoms with Crippen LogP contribution in [0.4, 0.5) is 0 Å². The summed E-state index contributed by atoms with van der Waals surface area (Å²) in [5.74, 6) is 0.958. The predicted molar refractivity (Wildman–Crippen MR) is 102 cm³/mol. The molecule has 1 aliphatic rings. The maximum absolute atomic E-state index is 11.5. The fourth-order valence-electron chi connectivity index (χ4n) is 3.74. The Morgan fingerprint density at radius 2 is 1.96 bits per heavy atom. The van der Waals surface area contributed by atoms with E-state index in [0.29, 0.717) is 17.4 Å². The van der Waals surface area contributed by atoms with E-state index in [9.17, 15) is 4.79 Å². The van der Waals surface area contributed by atoms with E-state index >= 15 is 0 Å². The van der Waals surface area contributed by atoms with Gasteiger partial charge in [0.05, 0.1) is 12.4 Å². The first kappa shape index (κ1) is 18.8. The summed E-state index contributed by atoms with van der Waals surface area (Å²) in [6, 6.07) is 1.39. The van der Waals surface area contributed by atoms with E-state index in [0.717, 1.165) is 12.8 Å². The summed E-state index contributed by atoms with van der Waals surface area (Å²) in [6.45, 7) is 13.6. The molecule has 1 saturated heterocycles. The van der Waals surface area contributed by atoms with E-state index in [2.05, 4.69) is 56.5 Å². The largest absolute Gasteiger partial charge is 0.354 e. The third-order valence-electron chi connectivity index (χ3n) is 5.01. The summed E-state index contributed by atoms with van der Waals surface area (Å²) >= 11 is 0. The lowest BCUT2D eigenvalue weighted by molar-refractivity contribution is -0.0323. The summed E-state index contributed by atoms with van der Waals surface area (Å²) in [5.41, 5.74) is 0.870. The van der Waals surface area contributed by atoms with E-state index < -0.39 is 0 Å². The van der Waals surface area contributed by atoms with Gasteiger partial charge in [0.15, 0.2) is 5.82 Å². The lowest BCUT2D eigenvalue weighted by atomic mass is 9.73. The standard InChI is InChI=1S/C20H30N4O2/c1-19(2,3)10-15-13(20(4,5)6)9-17(26-15)24-11-14(22-12-24)18-21-8-7-16(25)23-18/h7-8,11-13,15,17H,9-10H2,1-6H3,(H,21,23,25)/t13-,15?,17-/m1/s1. The second kappa shape index (κ2) is 6.65. The SMILES string of the molecule is CC(C)(C)CC1O[C@@H](n2cnc(-c3nccc(=O)[nH]3)c2)C[C@H]1C(C)(C)C. The van der Waals surface area contributed by atoms with E-state index in [4.69, 9.17) is 4.74 Å². The molecule has 0 aromatic carbocycles. The van der Waals surface area contributed by atoms with Crippen LogP contribution >= 0.6 is 0 Å². The molecule has 0 saturated carbocycles. The highest BCUT2D eigenvalue weighted by Crippen LogP contribution is 2.46. The van der Waals surface area contributed by atoms with Crippen LogP contribution in [-0.2, 0) is 4.74 Å². The number of hydrogen-bond acceptors (Lipinski definition) is 4. The van der Waals surface area contributed by atoms with E-state index in [1.807, 2.05) is 10.8 Å². The van der Waals surface area contributed by atoms with Crippen molar-refractivity contribution in [2.45, 2.75) is 66.7 Å². The average molecular weight is 358 g/mol. The summed E-state index contributed by atoms with van der Waals surface area (Å²) in [4.78, 5) is 22.8. The normalized spacial score (nSPS) is 24.2. The Kier molecular flexibility index (Phi) is 4.82. The third-order valence-corrected chi connectivity index (χ3v) is 5.01. The fraction of sp³-hybridized carbons (Fsp3) is 0.650. The number of nitrogens with zero attached hydrogens (tertiary/aromatic N) is 3. The van der Waals surface area contributed by atoms with Crippen LogP contribution in [0.2, 0.25) is 0 Å². The fourth-order valence-corrected chi connectivity index (χ4v) is 3.74. The van der Waals surface area contributed by atoms with Crippen molar-refractivity contribution in [3.05, 3.63) is 35.1 Å². The first-order chi connectivity index (χ1) is 12.0. The lowest BCUT2D eigenvalue weighted by Gasteiger charge is -2.33. The van der Waals surface area contributed by atoms with Crippen LogP contribution in [0, 0.1) is 16.7 Å². The number of ether oxygens (including phenoxy) is 1. The van der Waals surface area contributed by atoms with Gasteiger partial charge in [-0.05, 0) is 29.6 Å². The maximum atomic E-state index is 11.5. The molecule has 6 nitrogen and oxygen atoms in total. The topological polar surface area (TPSA) is 72.8 Å². The summed E-state index contributed by atoms with van der Waals surface area (Å²) < 4.78 is 8.47. The first-order valence-corrected chi connectivity index (χ1v) is 9.27. The zero-order valence-electron chi connectivity index (χ0n) is 16.6. The smallest absolute Gasteiger partial charge is 0.251 e. The first-order valence-electron chi connectivity index (χ1n) is 9.27. The second-order valence-corrected chi connectivity index (χ2v) is 9.59. The van der Waals surface area contributed by atoms with E-state index in [1.165, 1.54) is 12.3 Å². The van der Waals surface area contributed by atoms with Crippen LogP contribution in [0.15, 0.2) is 29.6 Å². The van der Waals surface area contributed by atoms with E-state index in [-0.39, 0.29) is 28.7 Å². The molecule has 0 bridgehead atoms. The van der Waals surface area contributed by atoms with Crippen molar-refractivity contribution in [2.75, 3.05) is 0 Å². The van der Waals surface area contributed by atoms with Crippen LogP contribution < -0.4 is 5.56 Å². The Balaban J connectivity index is 1.83. The second-order valence-electron chi connectivity index (χ2n) is 9.59. The highest BCUT2D eigenvalue weighted by Gasteiger charge is 2.43. The maximum Gasteiger partial charge on any atom is 0.251 e. The van der Waals surface area contributed by atoms with Gasteiger partial charge in [-0.1, -0.05) is 41.5 Å². The van der Waals surface area contributed by atoms with Crippen LogP contribution in [-0.4, -0.2) is 25.6 Å². The summed E-state index contributed by atoms with van der Waals surface area (Å²) in [7, 11) is 0. The van der Waals surface area contributed by atoms with Crippen molar-refractivity contribution in [1.82, 2.24) is 19.5 Å². The predicted octanol–water partition coefficient (Wildman–Crippen LogP) is 4.02. The molecule has 3 rings (SSSR count). The van der Waals surface area contributed by atoms with Gasteiger partial charge in [0.25, 0.3) is 5.56 Å². The molecule has 26 heavy (non-hydrogen) atoms. The lowest BCUT2D eigenvalue weighted by Crippen LogP contribution is -2.31. The number of aromatic amines is 1. The van der Waals surface area contributed by atoms with Crippen LogP contribution in [0.5, 0.6) is 0 Å². The molecule has 3 heterocycles. The highest BCUT2D eigenvalue weighted by molar-refractivity contribution is 5.46. The number of aromatic nitrogens is 4. The van der Waals surface area contributed by atoms with Gasteiger partial charge in [-0.2, -0.15) is 0 Å². The summed E-state index contributed by atoms with van der Waals surface area (Å²) in [5, 5.41) is 0. The Morgan fingerprint density at radius 1 is 1.23 bits per heavy atom.